The monoisotopic (exact) mass is 690 g/mol. The van der Waals surface area contributed by atoms with Crippen LogP contribution >= 0.6 is 11.6 Å². The van der Waals surface area contributed by atoms with E-state index in [0.717, 1.165) is 75.7 Å². The van der Waals surface area contributed by atoms with Crippen molar-refractivity contribution in [1.29, 1.82) is 0 Å². The third-order valence-corrected chi connectivity index (χ3v) is 9.81. The van der Waals surface area contributed by atoms with E-state index in [4.69, 9.17) is 26.2 Å². The summed E-state index contributed by atoms with van der Waals surface area (Å²) in [5.74, 6) is 0.178. The minimum absolute atomic E-state index is 0. The summed E-state index contributed by atoms with van der Waals surface area (Å²) in [5, 5.41) is 21.6. The molecule has 2 aliphatic rings. The van der Waals surface area contributed by atoms with Gasteiger partial charge in [-0.1, -0.05) is 58.0 Å². The molecule has 2 atom stereocenters. The Bertz CT molecular complexity index is 1950. The maximum absolute atomic E-state index is 13.7. The fourth-order valence-corrected chi connectivity index (χ4v) is 7.38. The van der Waals surface area contributed by atoms with Gasteiger partial charge in [-0.3, -0.25) is 4.68 Å². The van der Waals surface area contributed by atoms with Crippen molar-refractivity contribution in [3.05, 3.63) is 82.0 Å². The highest BCUT2D eigenvalue weighted by atomic mass is 35.5. The summed E-state index contributed by atoms with van der Waals surface area (Å²) >= 11 is 6.99. The molecule has 2 unspecified atom stereocenters. The highest BCUT2D eigenvalue weighted by Crippen LogP contribution is 2.47. The van der Waals surface area contributed by atoms with Crippen LogP contribution in [-0.2, 0) is 37.8 Å². The second-order valence-electron chi connectivity index (χ2n) is 12.6. The molecular weight excluding hydrogens is 643 g/mol. The fraction of sp³-hybridized carbons (Fsp3) is 0.436. The van der Waals surface area contributed by atoms with Gasteiger partial charge in [-0.2, -0.15) is 5.10 Å². The summed E-state index contributed by atoms with van der Waals surface area (Å²) in [4.78, 5) is 13.0. The number of benzene rings is 3. The molecule has 7 rings (SSSR count). The number of rotatable bonds is 9. The fourth-order valence-electron chi connectivity index (χ4n) is 7.14. The van der Waals surface area contributed by atoms with Crippen molar-refractivity contribution in [2.75, 3.05) is 26.3 Å². The number of hydrogen-bond acceptors (Lipinski definition) is 5. The first-order valence-corrected chi connectivity index (χ1v) is 17.4. The van der Waals surface area contributed by atoms with E-state index in [1.54, 1.807) is 6.07 Å². The Kier molecular flexibility index (Phi) is 11.7. The average Bonchev–Trinajstić information content (AvgIpc) is 3.62. The van der Waals surface area contributed by atoms with Gasteiger partial charge in [-0.15, -0.1) is 0 Å². The van der Waals surface area contributed by atoms with Crippen LogP contribution in [0.25, 0.3) is 32.8 Å². The summed E-state index contributed by atoms with van der Waals surface area (Å²) in [6.45, 7) is 10.5. The molecule has 0 spiro atoms. The number of fused-ring (bicyclic) bond motifs is 4. The molecule has 3 aromatic carbocycles. The number of aromatic carboxylic acids is 1. The van der Waals surface area contributed by atoms with Crippen LogP contribution in [-0.4, -0.2) is 51.7 Å². The summed E-state index contributed by atoms with van der Waals surface area (Å²) in [5.41, 5.74) is 5.58. The van der Waals surface area contributed by atoms with Crippen LogP contribution in [0.15, 0.2) is 48.5 Å². The molecule has 2 aromatic heterocycles. The molecule has 10 heteroatoms. The van der Waals surface area contributed by atoms with Gasteiger partial charge in [0.15, 0.2) is 0 Å². The molecule has 3 heterocycles. The number of hydrogen-bond donors (Lipinski definition) is 2. The Labute approximate surface area is 293 Å². The molecule has 0 amide bonds. The standard InChI is InChI=1S/C34H33ClFN3O4.C4H11N.CH4/c1-3-28-31-27(37-38(28)2)18-42-17-21-14-20(21)16-39-32-25(11-12-26(35)30(31)32)24(33(39)34(40)41)7-5-13-43-29-8-4-6-19-15-22(36)9-10-23(19)29;1-3-5-4-2;/h4,6,8-12,15,20-21H,3,5,7,13-14,16-18H2,1-2H3,(H,40,41);5H,3-4H2,1-2H3;1H4. The quantitative estimate of drug-likeness (QED) is 0.151. The van der Waals surface area contributed by atoms with E-state index < -0.39 is 5.97 Å². The molecule has 1 aliphatic heterocycles. The first kappa shape index (κ1) is 36.4. The molecule has 49 heavy (non-hydrogen) atoms. The predicted octanol–water partition coefficient (Wildman–Crippen LogP) is 8.68. The van der Waals surface area contributed by atoms with E-state index in [0.29, 0.717) is 67.5 Å². The molecule has 2 N–H and O–H groups in total. The van der Waals surface area contributed by atoms with E-state index in [1.807, 2.05) is 46.6 Å². The molecule has 1 fully saturated rings. The molecule has 262 valence electrons. The highest BCUT2D eigenvalue weighted by molar-refractivity contribution is 6.35. The lowest BCUT2D eigenvalue weighted by Gasteiger charge is -2.14. The number of carbonyl (C=O) groups is 1. The SMILES string of the molecule is C.CCNCC.CCc1c2c(nn1C)COCC1CC1Cn1c(C(=O)O)c(CCCOc3cccc4cc(F)ccc34)c3ccc(Cl)c-2c31. The molecule has 0 radical (unpaired) electrons. The Morgan fingerprint density at radius 1 is 1.10 bits per heavy atom. The zero-order valence-electron chi connectivity index (χ0n) is 28.1. The number of halogens is 2. The Morgan fingerprint density at radius 3 is 2.59 bits per heavy atom. The first-order valence-electron chi connectivity index (χ1n) is 17.0. The lowest BCUT2D eigenvalue weighted by Crippen LogP contribution is -2.13. The van der Waals surface area contributed by atoms with Crippen molar-refractivity contribution in [3.8, 4) is 16.9 Å². The maximum Gasteiger partial charge on any atom is 0.352 e. The zero-order chi connectivity index (χ0) is 33.9. The van der Waals surface area contributed by atoms with Crippen molar-refractivity contribution < 1.29 is 23.8 Å². The molecule has 8 nitrogen and oxygen atoms in total. The van der Waals surface area contributed by atoms with Crippen LogP contribution < -0.4 is 10.1 Å². The van der Waals surface area contributed by atoms with Gasteiger partial charge in [0, 0.05) is 41.2 Å². The highest BCUT2D eigenvalue weighted by Gasteiger charge is 2.40. The van der Waals surface area contributed by atoms with Crippen LogP contribution in [0.3, 0.4) is 0 Å². The van der Waals surface area contributed by atoms with Crippen LogP contribution in [0.5, 0.6) is 5.75 Å². The van der Waals surface area contributed by atoms with Crippen LogP contribution in [0, 0.1) is 17.7 Å². The van der Waals surface area contributed by atoms with Gasteiger partial charge in [0.25, 0.3) is 0 Å². The number of carboxylic acid groups (broad SMARTS) is 1. The molecular formula is C39H48ClFN4O4. The van der Waals surface area contributed by atoms with Gasteiger partial charge in [0.1, 0.15) is 17.3 Å². The van der Waals surface area contributed by atoms with E-state index >= 15 is 0 Å². The van der Waals surface area contributed by atoms with Gasteiger partial charge in [0.05, 0.1) is 36.1 Å². The van der Waals surface area contributed by atoms with Gasteiger partial charge in [0.2, 0.25) is 0 Å². The van der Waals surface area contributed by atoms with Crippen molar-refractivity contribution in [2.24, 2.45) is 18.9 Å². The minimum Gasteiger partial charge on any atom is -0.493 e. The van der Waals surface area contributed by atoms with Crippen molar-refractivity contribution in [2.45, 2.75) is 67.0 Å². The molecule has 0 saturated heterocycles. The molecule has 5 aromatic rings. The smallest absolute Gasteiger partial charge is 0.352 e. The van der Waals surface area contributed by atoms with Gasteiger partial charge >= 0.3 is 5.97 Å². The van der Waals surface area contributed by atoms with E-state index in [9.17, 15) is 14.3 Å². The van der Waals surface area contributed by atoms with Gasteiger partial charge < -0.3 is 24.5 Å². The van der Waals surface area contributed by atoms with Crippen molar-refractivity contribution in [1.82, 2.24) is 19.7 Å². The Hall–Kier alpha value is -3.92. The van der Waals surface area contributed by atoms with E-state index in [2.05, 4.69) is 26.1 Å². The maximum atomic E-state index is 13.7. The number of nitrogens with zero attached hydrogens (tertiary/aromatic N) is 3. The van der Waals surface area contributed by atoms with Crippen molar-refractivity contribution in [3.63, 3.8) is 0 Å². The lowest BCUT2D eigenvalue weighted by atomic mass is 9.97. The van der Waals surface area contributed by atoms with Gasteiger partial charge in [-0.25, -0.2) is 9.18 Å². The van der Waals surface area contributed by atoms with Crippen LogP contribution in [0.1, 0.15) is 68.5 Å². The number of aryl methyl sites for hydroxylation is 2. The summed E-state index contributed by atoms with van der Waals surface area (Å²) in [7, 11) is 1.93. The second-order valence-corrected chi connectivity index (χ2v) is 13.0. The first-order chi connectivity index (χ1) is 23.3. The zero-order valence-corrected chi connectivity index (χ0v) is 28.9. The number of carboxylic acids is 1. The van der Waals surface area contributed by atoms with E-state index in [-0.39, 0.29) is 13.2 Å². The Balaban J connectivity index is 0.000000729. The lowest BCUT2D eigenvalue weighted by molar-refractivity contribution is 0.0683. The summed E-state index contributed by atoms with van der Waals surface area (Å²) in [6.07, 6.45) is 2.87. The molecule has 1 aliphatic carbocycles. The summed E-state index contributed by atoms with van der Waals surface area (Å²) in [6, 6.07) is 14.1. The van der Waals surface area contributed by atoms with Crippen molar-refractivity contribution >= 4 is 39.2 Å². The third kappa shape index (κ3) is 7.35. The van der Waals surface area contributed by atoms with Gasteiger partial charge in [-0.05, 0) is 91.9 Å². The predicted molar refractivity (Wildman–Crippen MR) is 195 cm³/mol. The number of ether oxygens (including phenoxy) is 2. The normalized spacial score (nSPS) is 16.5. The topological polar surface area (TPSA) is 90.5 Å². The van der Waals surface area contributed by atoms with E-state index in [1.165, 1.54) is 12.1 Å². The van der Waals surface area contributed by atoms with Crippen LogP contribution in [0.2, 0.25) is 5.02 Å². The number of nitrogens with one attached hydrogen (secondary N) is 1. The average molecular weight is 691 g/mol. The number of aromatic nitrogens is 3. The summed E-state index contributed by atoms with van der Waals surface area (Å²) < 4.78 is 29.9. The second kappa shape index (κ2) is 15.7. The third-order valence-electron chi connectivity index (χ3n) is 9.49. The van der Waals surface area contributed by atoms with Crippen LogP contribution in [0.4, 0.5) is 4.39 Å². The molecule has 1 saturated carbocycles. The Morgan fingerprint density at radius 2 is 1.88 bits per heavy atom. The largest absolute Gasteiger partial charge is 0.493 e. The molecule has 0 bridgehead atoms. The minimum atomic E-state index is -0.948.